The van der Waals surface area contributed by atoms with E-state index < -0.39 is 16.1 Å². The Hall–Kier alpha value is -2.72. The number of rotatable bonds is 6. The molecule has 1 aromatic heterocycles. The maximum Gasteiger partial charge on any atom is 0.238 e. The Morgan fingerprint density at radius 1 is 1.17 bits per heavy atom. The molecule has 1 unspecified atom stereocenters. The van der Waals surface area contributed by atoms with Gasteiger partial charge in [-0.3, -0.25) is 0 Å². The molecular formula is C19H20ClN5O3S. The fraction of sp³-hybridized carbons (Fsp3) is 0.158. The Bertz CT molecular complexity index is 1140. The number of nitrogens with one attached hydrogen (secondary N) is 1. The molecule has 2 aromatic carbocycles. The molecule has 8 nitrogen and oxygen atoms in total. The molecule has 10 heteroatoms. The van der Waals surface area contributed by atoms with Crippen LogP contribution in [0.1, 0.15) is 17.2 Å². The van der Waals surface area contributed by atoms with Crippen molar-refractivity contribution >= 4 is 33.4 Å². The van der Waals surface area contributed by atoms with Crippen molar-refractivity contribution < 1.29 is 13.5 Å². The van der Waals surface area contributed by atoms with E-state index in [9.17, 15) is 13.5 Å². The number of nitrogens with zero attached hydrogens (tertiary/aromatic N) is 2. The fourth-order valence-electron chi connectivity index (χ4n) is 2.78. The molecule has 0 spiro atoms. The van der Waals surface area contributed by atoms with Crippen molar-refractivity contribution in [1.29, 1.82) is 0 Å². The van der Waals surface area contributed by atoms with Crippen LogP contribution in [0.2, 0.25) is 5.02 Å². The SMILES string of the molecule is Cc1c(Cl)cccc1-c1cc(NCC(O)c2ccc(S(N)(=O)=O)cc2)nc(N)n1. The minimum atomic E-state index is -3.78. The van der Waals surface area contributed by atoms with Crippen LogP contribution in [0.4, 0.5) is 11.8 Å². The summed E-state index contributed by atoms with van der Waals surface area (Å²) in [6.07, 6.45) is -0.905. The van der Waals surface area contributed by atoms with Crippen molar-refractivity contribution in [3.05, 3.63) is 64.7 Å². The van der Waals surface area contributed by atoms with Crippen LogP contribution in [0.5, 0.6) is 0 Å². The molecule has 0 radical (unpaired) electrons. The Balaban J connectivity index is 1.77. The lowest BCUT2D eigenvalue weighted by Gasteiger charge is -2.14. The van der Waals surface area contributed by atoms with E-state index in [0.29, 0.717) is 22.1 Å². The van der Waals surface area contributed by atoms with Gasteiger partial charge in [-0.2, -0.15) is 4.98 Å². The lowest BCUT2D eigenvalue weighted by molar-refractivity contribution is 0.191. The van der Waals surface area contributed by atoms with E-state index >= 15 is 0 Å². The monoisotopic (exact) mass is 433 g/mol. The van der Waals surface area contributed by atoms with E-state index in [-0.39, 0.29) is 17.4 Å². The van der Waals surface area contributed by atoms with Gasteiger partial charge in [-0.05, 0) is 36.2 Å². The number of anilines is 2. The number of nitrogen functional groups attached to an aromatic ring is 1. The molecule has 0 aliphatic carbocycles. The van der Waals surface area contributed by atoms with Crippen molar-refractivity contribution in [2.24, 2.45) is 5.14 Å². The highest BCUT2D eigenvalue weighted by Crippen LogP contribution is 2.28. The first-order valence-corrected chi connectivity index (χ1v) is 10.5. The largest absolute Gasteiger partial charge is 0.387 e. The molecule has 1 heterocycles. The summed E-state index contributed by atoms with van der Waals surface area (Å²) in [4.78, 5) is 8.38. The summed E-state index contributed by atoms with van der Waals surface area (Å²) in [6, 6.07) is 12.9. The Morgan fingerprint density at radius 2 is 1.86 bits per heavy atom. The molecule has 152 valence electrons. The highest BCUT2D eigenvalue weighted by molar-refractivity contribution is 7.89. The van der Waals surface area contributed by atoms with Crippen LogP contribution < -0.4 is 16.2 Å². The van der Waals surface area contributed by atoms with Crippen LogP contribution in [0.25, 0.3) is 11.3 Å². The van der Waals surface area contributed by atoms with E-state index in [0.717, 1.165) is 11.1 Å². The summed E-state index contributed by atoms with van der Waals surface area (Å²) in [5.41, 5.74) is 8.66. The molecule has 0 amide bonds. The number of benzene rings is 2. The second-order valence-electron chi connectivity index (χ2n) is 6.42. The quantitative estimate of drug-likeness (QED) is 0.467. The third-order valence-corrected chi connectivity index (χ3v) is 5.70. The van der Waals surface area contributed by atoms with Crippen LogP contribution in [0.15, 0.2) is 53.4 Å². The van der Waals surface area contributed by atoms with Crippen molar-refractivity contribution in [1.82, 2.24) is 9.97 Å². The summed E-state index contributed by atoms with van der Waals surface area (Å²) in [5.74, 6) is 0.517. The number of halogens is 1. The molecule has 1 atom stereocenters. The number of sulfonamides is 1. The molecule has 0 aliphatic heterocycles. The number of primary sulfonamides is 1. The molecule has 0 aliphatic rings. The van der Waals surface area contributed by atoms with Gasteiger partial charge < -0.3 is 16.2 Å². The van der Waals surface area contributed by atoms with Gasteiger partial charge in [0.25, 0.3) is 0 Å². The van der Waals surface area contributed by atoms with Gasteiger partial charge in [0.05, 0.1) is 16.7 Å². The number of hydrogen-bond donors (Lipinski definition) is 4. The van der Waals surface area contributed by atoms with Crippen LogP contribution in [-0.4, -0.2) is 30.0 Å². The van der Waals surface area contributed by atoms with Gasteiger partial charge in [-0.25, -0.2) is 18.5 Å². The minimum Gasteiger partial charge on any atom is -0.387 e. The lowest BCUT2D eigenvalue weighted by atomic mass is 10.1. The van der Waals surface area contributed by atoms with Crippen LogP contribution in [0.3, 0.4) is 0 Å². The normalized spacial score (nSPS) is 12.6. The van der Waals surface area contributed by atoms with E-state index in [1.54, 1.807) is 12.1 Å². The van der Waals surface area contributed by atoms with E-state index in [1.807, 2.05) is 19.1 Å². The molecular weight excluding hydrogens is 414 g/mol. The Labute approximate surface area is 173 Å². The van der Waals surface area contributed by atoms with E-state index in [4.69, 9.17) is 22.5 Å². The number of aliphatic hydroxyl groups is 1. The smallest absolute Gasteiger partial charge is 0.238 e. The number of aromatic nitrogens is 2. The first-order valence-electron chi connectivity index (χ1n) is 8.60. The molecule has 29 heavy (non-hydrogen) atoms. The summed E-state index contributed by atoms with van der Waals surface area (Å²) in [7, 11) is -3.78. The molecule has 0 saturated carbocycles. The third-order valence-electron chi connectivity index (χ3n) is 4.36. The predicted octanol–water partition coefficient (Wildman–Crippen LogP) is 2.48. The van der Waals surface area contributed by atoms with Gasteiger partial charge in [0.15, 0.2) is 0 Å². The molecule has 0 fully saturated rings. The molecule has 0 bridgehead atoms. The van der Waals surface area contributed by atoms with Gasteiger partial charge in [-0.15, -0.1) is 0 Å². The van der Waals surface area contributed by atoms with Crippen molar-refractivity contribution in [2.45, 2.75) is 17.9 Å². The number of hydrogen-bond acceptors (Lipinski definition) is 7. The van der Waals surface area contributed by atoms with Gasteiger partial charge in [-0.1, -0.05) is 35.9 Å². The molecule has 0 saturated heterocycles. The van der Waals surface area contributed by atoms with Crippen LogP contribution >= 0.6 is 11.6 Å². The maximum absolute atomic E-state index is 11.3. The van der Waals surface area contributed by atoms with Crippen molar-refractivity contribution in [3.8, 4) is 11.3 Å². The minimum absolute atomic E-state index is 0.0217. The van der Waals surface area contributed by atoms with Gasteiger partial charge in [0.1, 0.15) is 5.82 Å². The van der Waals surface area contributed by atoms with Crippen LogP contribution in [-0.2, 0) is 10.0 Å². The second kappa shape index (κ2) is 8.34. The predicted molar refractivity (Wildman–Crippen MR) is 113 cm³/mol. The van der Waals surface area contributed by atoms with Gasteiger partial charge >= 0.3 is 0 Å². The summed E-state index contributed by atoms with van der Waals surface area (Å²) in [5, 5.41) is 19.1. The number of aliphatic hydroxyl groups excluding tert-OH is 1. The first kappa shape index (κ1) is 21.0. The van der Waals surface area contributed by atoms with Crippen molar-refractivity contribution in [2.75, 3.05) is 17.6 Å². The summed E-state index contributed by atoms with van der Waals surface area (Å²) in [6.45, 7) is 2.01. The average Bonchev–Trinajstić information content (AvgIpc) is 2.67. The Morgan fingerprint density at radius 3 is 2.52 bits per heavy atom. The number of nitrogens with two attached hydrogens (primary N) is 2. The first-order chi connectivity index (χ1) is 13.6. The standard InChI is InChI=1S/C19H20ClN5O3S/c1-11-14(3-2-4-15(11)20)16-9-18(25-19(21)24-16)23-10-17(26)12-5-7-13(8-6-12)29(22,27)28/h2-9,17,26H,10H2,1H3,(H2,22,27,28)(H3,21,23,24,25). The zero-order valence-corrected chi connectivity index (χ0v) is 17.1. The van der Waals surface area contributed by atoms with Gasteiger partial charge in [0, 0.05) is 23.2 Å². The highest BCUT2D eigenvalue weighted by atomic mass is 35.5. The topological polar surface area (TPSA) is 144 Å². The zero-order valence-electron chi connectivity index (χ0n) is 15.5. The van der Waals surface area contributed by atoms with Crippen molar-refractivity contribution in [3.63, 3.8) is 0 Å². The third kappa shape index (κ3) is 5.01. The molecule has 3 aromatic rings. The average molecular weight is 434 g/mol. The zero-order chi connectivity index (χ0) is 21.2. The summed E-state index contributed by atoms with van der Waals surface area (Å²) >= 11 is 6.18. The maximum atomic E-state index is 11.3. The Kier molecular flexibility index (Phi) is 6.04. The molecule has 6 N–H and O–H groups in total. The molecule has 3 rings (SSSR count). The van der Waals surface area contributed by atoms with E-state index in [1.165, 1.54) is 24.3 Å². The second-order valence-corrected chi connectivity index (χ2v) is 8.39. The lowest BCUT2D eigenvalue weighted by Crippen LogP contribution is -2.15. The van der Waals surface area contributed by atoms with Crippen LogP contribution in [0, 0.1) is 6.92 Å². The fourth-order valence-corrected chi connectivity index (χ4v) is 3.47. The van der Waals surface area contributed by atoms with Gasteiger partial charge in [0.2, 0.25) is 16.0 Å². The highest BCUT2D eigenvalue weighted by Gasteiger charge is 2.13. The summed E-state index contributed by atoms with van der Waals surface area (Å²) < 4.78 is 22.6. The van der Waals surface area contributed by atoms with E-state index in [2.05, 4.69) is 15.3 Å².